The molecule has 0 bridgehead atoms. The first-order chi connectivity index (χ1) is 9.24. The summed E-state index contributed by atoms with van der Waals surface area (Å²) in [5, 5.41) is 3.68. The van der Waals surface area contributed by atoms with Gasteiger partial charge in [0.15, 0.2) is 0 Å². The van der Waals surface area contributed by atoms with E-state index >= 15 is 0 Å². The van der Waals surface area contributed by atoms with Crippen molar-refractivity contribution in [2.75, 3.05) is 0 Å². The van der Waals surface area contributed by atoms with E-state index in [0.717, 1.165) is 23.8 Å². The zero-order valence-electron chi connectivity index (χ0n) is 11.9. The molecule has 0 aliphatic heterocycles. The van der Waals surface area contributed by atoms with E-state index in [9.17, 15) is 0 Å². The molecule has 1 aliphatic rings. The maximum atomic E-state index is 4.71. The molecule has 1 aromatic carbocycles. The van der Waals surface area contributed by atoms with Crippen molar-refractivity contribution in [2.24, 2.45) is 13.0 Å². The van der Waals surface area contributed by atoms with Crippen LogP contribution in [-0.4, -0.2) is 15.6 Å². The third-order valence-electron chi connectivity index (χ3n) is 4.44. The van der Waals surface area contributed by atoms with Gasteiger partial charge < -0.3 is 9.88 Å². The van der Waals surface area contributed by atoms with Crippen LogP contribution in [0.3, 0.4) is 0 Å². The molecule has 0 amide bonds. The Labute approximate surface area is 115 Å². The Balaban J connectivity index is 1.67. The number of hydrogen-bond acceptors (Lipinski definition) is 2. The summed E-state index contributed by atoms with van der Waals surface area (Å²) in [6, 6.07) is 9.02. The molecule has 1 aromatic heterocycles. The van der Waals surface area contributed by atoms with Gasteiger partial charge in [0, 0.05) is 13.1 Å². The fourth-order valence-electron chi connectivity index (χ4n) is 3.05. The fourth-order valence-corrected chi connectivity index (χ4v) is 3.05. The highest BCUT2D eigenvalue weighted by atomic mass is 15.1. The molecular formula is C16H23N3. The number of hydrogen-bond donors (Lipinski definition) is 1. The molecule has 1 heterocycles. The first-order valence-electron chi connectivity index (χ1n) is 7.38. The molecule has 19 heavy (non-hydrogen) atoms. The molecule has 0 radical (unpaired) electrons. The summed E-state index contributed by atoms with van der Waals surface area (Å²) in [7, 11) is 2.11. The largest absolute Gasteiger partial charge is 0.330 e. The lowest BCUT2D eigenvalue weighted by atomic mass is 9.87. The SMILES string of the molecule is CC1CCC(NCc2nc3ccccc3n2C)CC1. The first kappa shape index (κ1) is 12.7. The highest BCUT2D eigenvalue weighted by Crippen LogP contribution is 2.23. The Bertz CT molecular complexity index is 550. The molecule has 3 heteroatoms. The molecule has 102 valence electrons. The van der Waals surface area contributed by atoms with Crippen molar-refractivity contribution in [3.8, 4) is 0 Å². The van der Waals surface area contributed by atoms with Crippen LogP contribution in [0.15, 0.2) is 24.3 Å². The van der Waals surface area contributed by atoms with Gasteiger partial charge in [-0.1, -0.05) is 19.1 Å². The average Bonchev–Trinajstić information content (AvgIpc) is 2.76. The lowest BCUT2D eigenvalue weighted by Gasteiger charge is -2.26. The normalized spacial score (nSPS) is 23.9. The number of benzene rings is 1. The van der Waals surface area contributed by atoms with Crippen LogP contribution in [0.2, 0.25) is 0 Å². The topological polar surface area (TPSA) is 29.9 Å². The van der Waals surface area contributed by atoms with Crippen LogP contribution in [0, 0.1) is 5.92 Å². The predicted octanol–water partition coefficient (Wildman–Crippen LogP) is 3.24. The molecule has 0 spiro atoms. The monoisotopic (exact) mass is 257 g/mol. The number of imidazole rings is 1. The second-order valence-corrected chi connectivity index (χ2v) is 5.91. The van der Waals surface area contributed by atoms with Gasteiger partial charge in [0.2, 0.25) is 0 Å². The molecule has 3 rings (SSSR count). The second-order valence-electron chi connectivity index (χ2n) is 5.91. The fraction of sp³-hybridized carbons (Fsp3) is 0.562. The van der Waals surface area contributed by atoms with Gasteiger partial charge in [-0.3, -0.25) is 0 Å². The minimum Gasteiger partial charge on any atom is -0.330 e. The van der Waals surface area contributed by atoms with Crippen molar-refractivity contribution in [3.05, 3.63) is 30.1 Å². The molecule has 0 unspecified atom stereocenters. The van der Waals surface area contributed by atoms with Crippen LogP contribution >= 0.6 is 0 Å². The summed E-state index contributed by atoms with van der Waals surface area (Å²) in [5.41, 5.74) is 2.32. The predicted molar refractivity (Wildman–Crippen MR) is 79.0 cm³/mol. The van der Waals surface area contributed by atoms with Crippen molar-refractivity contribution >= 4 is 11.0 Å². The van der Waals surface area contributed by atoms with Crippen LogP contribution in [0.25, 0.3) is 11.0 Å². The molecular weight excluding hydrogens is 234 g/mol. The third kappa shape index (κ3) is 2.66. The van der Waals surface area contributed by atoms with E-state index in [-0.39, 0.29) is 0 Å². The number of nitrogens with one attached hydrogen (secondary N) is 1. The minimum absolute atomic E-state index is 0.677. The van der Waals surface area contributed by atoms with E-state index in [1.54, 1.807) is 0 Å². The molecule has 0 atom stereocenters. The van der Waals surface area contributed by atoms with Crippen LogP contribution in [0.5, 0.6) is 0 Å². The molecule has 1 saturated carbocycles. The Hall–Kier alpha value is -1.35. The quantitative estimate of drug-likeness (QED) is 0.914. The second kappa shape index (κ2) is 5.33. The Morgan fingerprint density at radius 2 is 1.95 bits per heavy atom. The maximum Gasteiger partial charge on any atom is 0.123 e. The van der Waals surface area contributed by atoms with Crippen molar-refractivity contribution in [1.82, 2.24) is 14.9 Å². The van der Waals surface area contributed by atoms with Gasteiger partial charge in [-0.05, 0) is 43.7 Å². The van der Waals surface area contributed by atoms with Crippen molar-refractivity contribution in [3.63, 3.8) is 0 Å². The van der Waals surface area contributed by atoms with Crippen LogP contribution in [0.1, 0.15) is 38.4 Å². The number of nitrogens with zero attached hydrogens (tertiary/aromatic N) is 2. The number of fused-ring (bicyclic) bond motifs is 1. The van der Waals surface area contributed by atoms with Crippen LogP contribution < -0.4 is 5.32 Å². The van der Waals surface area contributed by atoms with Crippen molar-refractivity contribution in [1.29, 1.82) is 0 Å². The standard InChI is InChI=1S/C16H23N3/c1-12-7-9-13(10-8-12)17-11-16-18-14-5-3-4-6-15(14)19(16)2/h3-6,12-13,17H,7-11H2,1-2H3. The highest BCUT2D eigenvalue weighted by Gasteiger charge is 2.18. The van der Waals surface area contributed by atoms with Gasteiger partial charge in [-0.2, -0.15) is 0 Å². The molecule has 0 saturated heterocycles. The van der Waals surface area contributed by atoms with Crippen LogP contribution in [-0.2, 0) is 13.6 Å². The maximum absolute atomic E-state index is 4.71. The third-order valence-corrected chi connectivity index (χ3v) is 4.44. The van der Waals surface area contributed by atoms with Gasteiger partial charge in [0.25, 0.3) is 0 Å². The summed E-state index contributed by atoms with van der Waals surface area (Å²) >= 11 is 0. The highest BCUT2D eigenvalue weighted by molar-refractivity contribution is 5.75. The number of rotatable bonds is 3. The Morgan fingerprint density at radius 1 is 1.21 bits per heavy atom. The molecule has 1 fully saturated rings. The molecule has 1 N–H and O–H groups in total. The lowest BCUT2D eigenvalue weighted by Crippen LogP contribution is -2.33. The van der Waals surface area contributed by atoms with Crippen LogP contribution in [0.4, 0.5) is 0 Å². The van der Waals surface area contributed by atoms with E-state index in [0.29, 0.717) is 6.04 Å². The summed E-state index contributed by atoms with van der Waals surface area (Å²) in [6.45, 7) is 3.24. The molecule has 3 nitrogen and oxygen atoms in total. The summed E-state index contributed by atoms with van der Waals surface area (Å²) < 4.78 is 2.20. The van der Waals surface area contributed by atoms with E-state index in [1.165, 1.54) is 31.2 Å². The van der Waals surface area contributed by atoms with E-state index < -0.39 is 0 Å². The zero-order valence-corrected chi connectivity index (χ0v) is 11.9. The molecule has 1 aliphatic carbocycles. The Morgan fingerprint density at radius 3 is 2.68 bits per heavy atom. The zero-order chi connectivity index (χ0) is 13.2. The van der Waals surface area contributed by atoms with E-state index in [1.807, 2.05) is 0 Å². The minimum atomic E-state index is 0.677. The van der Waals surface area contributed by atoms with Gasteiger partial charge in [0.05, 0.1) is 17.6 Å². The van der Waals surface area contributed by atoms with Gasteiger partial charge in [-0.25, -0.2) is 4.98 Å². The number of para-hydroxylation sites is 2. The molecule has 2 aromatic rings. The first-order valence-corrected chi connectivity index (χ1v) is 7.38. The van der Waals surface area contributed by atoms with E-state index in [4.69, 9.17) is 4.98 Å². The van der Waals surface area contributed by atoms with Crippen molar-refractivity contribution in [2.45, 2.75) is 45.2 Å². The smallest absolute Gasteiger partial charge is 0.123 e. The van der Waals surface area contributed by atoms with Crippen molar-refractivity contribution < 1.29 is 0 Å². The summed E-state index contributed by atoms with van der Waals surface area (Å²) in [5.74, 6) is 2.05. The average molecular weight is 257 g/mol. The van der Waals surface area contributed by atoms with Gasteiger partial charge >= 0.3 is 0 Å². The number of aryl methyl sites for hydroxylation is 1. The number of aromatic nitrogens is 2. The summed E-state index contributed by atoms with van der Waals surface area (Å²) in [6.07, 6.45) is 5.34. The summed E-state index contributed by atoms with van der Waals surface area (Å²) in [4.78, 5) is 4.71. The van der Waals surface area contributed by atoms with E-state index in [2.05, 4.69) is 48.1 Å². The lowest BCUT2D eigenvalue weighted by molar-refractivity contribution is 0.304. The van der Waals surface area contributed by atoms with Gasteiger partial charge in [0.1, 0.15) is 5.82 Å². The van der Waals surface area contributed by atoms with Gasteiger partial charge in [-0.15, -0.1) is 0 Å². The Kier molecular flexibility index (Phi) is 3.56.